The number of hydrogen-bond donors (Lipinski definition) is 2. The first-order valence-corrected chi connectivity index (χ1v) is 4.24. The molecule has 2 N–H and O–H groups in total. The van der Waals surface area contributed by atoms with Crippen molar-refractivity contribution in [2.75, 3.05) is 6.54 Å². The number of nitrogens with one attached hydrogen (secondary N) is 1. The fraction of sp³-hybridized carbons (Fsp3) is 0.400. The predicted octanol–water partition coefficient (Wildman–Crippen LogP) is 1.35. The molecule has 1 amide bonds. The van der Waals surface area contributed by atoms with Crippen molar-refractivity contribution in [2.45, 2.75) is 20.3 Å². The molecule has 0 aliphatic carbocycles. The summed E-state index contributed by atoms with van der Waals surface area (Å²) in [5, 5.41) is 10.3. The van der Waals surface area contributed by atoms with Gasteiger partial charge >= 0.3 is 5.97 Å². The van der Waals surface area contributed by atoms with Crippen LogP contribution in [0.15, 0.2) is 24.8 Å². The number of aliphatic carboxylic acids is 1. The molecule has 0 aromatic heterocycles. The lowest BCUT2D eigenvalue weighted by Gasteiger charge is -1.99. The Morgan fingerprint density at radius 3 is 2.14 bits per heavy atom. The van der Waals surface area contributed by atoms with Gasteiger partial charge in [0.1, 0.15) is 0 Å². The SMILES string of the molecule is C=C(C)C(=O)NCCC.C=CC(=O)O. The highest BCUT2D eigenvalue weighted by Crippen LogP contribution is 1.84. The third kappa shape index (κ3) is 13.0. The van der Waals surface area contributed by atoms with E-state index in [0.717, 1.165) is 19.0 Å². The van der Waals surface area contributed by atoms with Gasteiger partial charge in [0, 0.05) is 18.2 Å². The highest BCUT2D eigenvalue weighted by Gasteiger charge is 1.96. The molecule has 0 aliphatic heterocycles. The minimum atomic E-state index is -0.981. The molecule has 0 unspecified atom stereocenters. The van der Waals surface area contributed by atoms with E-state index in [1.54, 1.807) is 6.92 Å². The summed E-state index contributed by atoms with van der Waals surface area (Å²) >= 11 is 0. The first-order valence-electron chi connectivity index (χ1n) is 4.24. The van der Waals surface area contributed by atoms with Crippen molar-refractivity contribution in [3.63, 3.8) is 0 Å². The van der Waals surface area contributed by atoms with Crippen molar-refractivity contribution in [3.05, 3.63) is 24.8 Å². The van der Waals surface area contributed by atoms with Gasteiger partial charge in [-0.2, -0.15) is 0 Å². The minimum absolute atomic E-state index is 0.0446. The summed E-state index contributed by atoms with van der Waals surface area (Å²) in [6.45, 7) is 10.9. The lowest BCUT2D eigenvalue weighted by Crippen LogP contribution is -2.24. The van der Waals surface area contributed by atoms with Gasteiger partial charge in [-0.3, -0.25) is 4.79 Å². The Balaban J connectivity index is 0. The van der Waals surface area contributed by atoms with Gasteiger partial charge in [-0.15, -0.1) is 0 Å². The van der Waals surface area contributed by atoms with Crippen molar-refractivity contribution in [1.82, 2.24) is 5.32 Å². The van der Waals surface area contributed by atoms with E-state index in [2.05, 4.69) is 18.5 Å². The van der Waals surface area contributed by atoms with Crippen LogP contribution in [0.5, 0.6) is 0 Å². The van der Waals surface area contributed by atoms with Crippen LogP contribution in [0.25, 0.3) is 0 Å². The Morgan fingerprint density at radius 2 is 1.93 bits per heavy atom. The number of amides is 1. The monoisotopic (exact) mass is 199 g/mol. The maximum atomic E-state index is 10.7. The summed E-state index contributed by atoms with van der Waals surface area (Å²) in [6, 6.07) is 0. The van der Waals surface area contributed by atoms with Crippen LogP contribution in [0.2, 0.25) is 0 Å². The van der Waals surface area contributed by atoms with Crippen LogP contribution in [0.3, 0.4) is 0 Å². The van der Waals surface area contributed by atoms with E-state index in [-0.39, 0.29) is 5.91 Å². The van der Waals surface area contributed by atoms with Crippen LogP contribution in [0, 0.1) is 0 Å². The van der Waals surface area contributed by atoms with Crippen molar-refractivity contribution < 1.29 is 14.7 Å². The summed E-state index contributed by atoms with van der Waals surface area (Å²) in [5.74, 6) is -1.03. The molecule has 0 aliphatic rings. The first-order chi connectivity index (χ1) is 6.45. The average Bonchev–Trinajstić information content (AvgIpc) is 2.14. The minimum Gasteiger partial charge on any atom is -0.478 e. The number of carbonyl (C=O) groups is 2. The molecule has 0 saturated heterocycles. The van der Waals surface area contributed by atoms with Gasteiger partial charge in [0.05, 0.1) is 0 Å². The Hall–Kier alpha value is -1.58. The molecule has 80 valence electrons. The maximum absolute atomic E-state index is 10.7. The normalized spacial score (nSPS) is 7.86. The summed E-state index contributed by atoms with van der Waals surface area (Å²) in [5.41, 5.74) is 0.573. The zero-order valence-corrected chi connectivity index (χ0v) is 8.67. The van der Waals surface area contributed by atoms with E-state index in [1.165, 1.54) is 0 Å². The average molecular weight is 199 g/mol. The molecule has 0 fully saturated rings. The molecule has 0 rings (SSSR count). The summed E-state index contributed by atoms with van der Waals surface area (Å²) in [7, 11) is 0. The van der Waals surface area contributed by atoms with Gasteiger partial charge in [-0.05, 0) is 13.3 Å². The van der Waals surface area contributed by atoms with Crippen molar-refractivity contribution >= 4 is 11.9 Å². The predicted molar refractivity (Wildman–Crippen MR) is 55.9 cm³/mol. The largest absolute Gasteiger partial charge is 0.478 e. The molecule has 4 nitrogen and oxygen atoms in total. The fourth-order valence-corrected chi connectivity index (χ4v) is 0.389. The second kappa shape index (κ2) is 9.51. The second-order valence-corrected chi connectivity index (χ2v) is 2.58. The fourth-order valence-electron chi connectivity index (χ4n) is 0.389. The Labute approximate surface area is 84.3 Å². The molecule has 0 atom stereocenters. The van der Waals surface area contributed by atoms with Crippen molar-refractivity contribution in [2.24, 2.45) is 0 Å². The van der Waals surface area contributed by atoms with Crippen LogP contribution in [0.1, 0.15) is 20.3 Å². The molecule has 0 bridgehead atoms. The highest BCUT2D eigenvalue weighted by molar-refractivity contribution is 5.91. The summed E-state index contributed by atoms with van der Waals surface area (Å²) < 4.78 is 0. The maximum Gasteiger partial charge on any atom is 0.327 e. The summed E-state index contributed by atoms with van der Waals surface area (Å²) in [6.07, 6.45) is 1.80. The lowest BCUT2D eigenvalue weighted by molar-refractivity contribution is -0.131. The molecule has 0 saturated carbocycles. The number of carboxylic acids is 1. The molecular formula is C10H17NO3. The zero-order chi connectivity index (χ0) is 11.6. The second-order valence-electron chi connectivity index (χ2n) is 2.58. The molecule has 0 aromatic rings. The smallest absolute Gasteiger partial charge is 0.327 e. The topological polar surface area (TPSA) is 66.4 Å². The van der Waals surface area contributed by atoms with Crippen LogP contribution in [0.4, 0.5) is 0 Å². The quantitative estimate of drug-likeness (QED) is 0.671. The van der Waals surface area contributed by atoms with E-state index < -0.39 is 5.97 Å². The van der Waals surface area contributed by atoms with E-state index in [9.17, 15) is 9.59 Å². The lowest BCUT2D eigenvalue weighted by atomic mass is 10.3. The van der Waals surface area contributed by atoms with Crippen molar-refractivity contribution in [1.29, 1.82) is 0 Å². The Kier molecular flexibility index (Phi) is 10.1. The number of rotatable bonds is 4. The Morgan fingerprint density at radius 1 is 1.50 bits per heavy atom. The van der Waals surface area contributed by atoms with E-state index in [4.69, 9.17) is 5.11 Å². The third-order valence-electron chi connectivity index (χ3n) is 1.10. The molecule has 14 heavy (non-hydrogen) atoms. The molecule has 4 heteroatoms. The van der Waals surface area contributed by atoms with E-state index >= 15 is 0 Å². The summed E-state index contributed by atoms with van der Waals surface area (Å²) in [4.78, 5) is 19.9. The van der Waals surface area contributed by atoms with Crippen LogP contribution >= 0.6 is 0 Å². The van der Waals surface area contributed by atoms with Crippen LogP contribution in [-0.2, 0) is 9.59 Å². The number of hydrogen-bond acceptors (Lipinski definition) is 2. The van der Waals surface area contributed by atoms with Gasteiger partial charge in [0.2, 0.25) is 5.91 Å². The third-order valence-corrected chi connectivity index (χ3v) is 1.10. The molecule has 0 heterocycles. The molecule has 0 aromatic carbocycles. The van der Waals surface area contributed by atoms with Crippen LogP contribution in [-0.4, -0.2) is 23.5 Å². The van der Waals surface area contributed by atoms with Gasteiger partial charge in [0.25, 0.3) is 0 Å². The van der Waals surface area contributed by atoms with Gasteiger partial charge in [0.15, 0.2) is 0 Å². The van der Waals surface area contributed by atoms with Gasteiger partial charge < -0.3 is 10.4 Å². The zero-order valence-electron chi connectivity index (χ0n) is 8.67. The van der Waals surface area contributed by atoms with E-state index in [1.807, 2.05) is 6.92 Å². The number of carbonyl (C=O) groups excluding carboxylic acids is 1. The molecule has 0 spiro atoms. The molecule has 0 radical (unpaired) electrons. The first kappa shape index (κ1) is 14.9. The molecular weight excluding hydrogens is 182 g/mol. The highest BCUT2D eigenvalue weighted by atomic mass is 16.4. The van der Waals surface area contributed by atoms with E-state index in [0.29, 0.717) is 5.57 Å². The standard InChI is InChI=1S/C7H13NO.C3H4O2/c1-4-5-8-7(9)6(2)3;1-2-3(4)5/h2,4-5H2,1,3H3,(H,8,9);2H,1H2,(H,4,5). The van der Waals surface area contributed by atoms with Crippen LogP contribution < -0.4 is 5.32 Å². The number of carboxylic acid groups (broad SMARTS) is 1. The van der Waals surface area contributed by atoms with Gasteiger partial charge in [-0.25, -0.2) is 4.79 Å². The Bertz CT molecular complexity index is 221. The van der Waals surface area contributed by atoms with Crippen molar-refractivity contribution in [3.8, 4) is 0 Å². The van der Waals surface area contributed by atoms with Gasteiger partial charge in [-0.1, -0.05) is 20.1 Å².